The average Bonchev–Trinajstić information content (AvgIpc) is 1.27. The highest BCUT2D eigenvalue weighted by molar-refractivity contribution is 9.10. The lowest BCUT2D eigenvalue weighted by atomic mass is 9.84. The second-order valence-corrected chi connectivity index (χ2v) is 22.7. The molecule has 6 heteroatoms. The van der Waals surface area contributed by atoms with Gasteiger partial charge in [-0.2, -0.15) is 0 Å². The van der Waals surface area contributed by atoms with E-state index in [1.165, 1.54) is 92.6 Å². The summed E-state index contributed by atoms with van der Waals surface area (Å²) < 4.78 is 19.1. The molecule has 18 aromatic rings. The van der Waals surface area contributed by atoms with E-state index in [4.69, 9.17) is 13.5 Å². The van der Waals surface area contributed by atoms with Crippen LogP contribution in [0.3, 0.4) is 0 Å². The molecule has 1 radical (unpaired) electrons. The standard InChI is InChI=1S/C40H24O.C24H16BO2.C16H9BrO/c1-2-12-26-23-27(22-21-25(26)11-1)38-30-15-4-6-17-32(30)39(33-18-7-5-16-31(33)38)35-24-36-29-14-9-10-20-37(29)41-40(36)34-19-8-3-13-28(34)35;26-25-27-24-21-11-5-3-9-19(21)23(20-10-4-6-12-22(20)24)18-14-13-16-7-1-2-8-17(16)15-18;17-14-9-13-11-6-3-4-8-15(11)18-16(13)12-7-2-1-5-10(12)14/h1-24H;1-15,26H;1-9H. The molecular weight excluding hydrogens is 1120 g/mol. The smallest absolute Gasteiger partial charge is 0.537 e. The molecule has 0 spiro atoms. The Bertz CT molecular complexity index is 5610. The van der Waals surface area contributed by atoms with Crippen molar-refractivity contribution in [3.63, 3.8) is 0 Å². The lowest BCUT2D eigenvalue weighted by Crippen LogP contribution is -2.02. The van der Waals surface area contributed by atoms with Crippen molar-refractivity contribution in [1.29, 1.82) is 0 Å². The van der Waals surface area contributed by atoms with Gasteiger partial charge in [-0.3, -0.25) is 0 Å². The molecular formula is C80H49BBrO4. The van der Waals surface area contributed by atoms with Gasteiger partial charge in [0.1, 0.15) is 28.1 Å². The minimum Gasteiger partial charge on any atom is -0.537 e. The van der Waals surface area contributed by atoms with Gasteiger partial charge in [-0.25, -0.2) is 0 Å². The maximum absolute atomic E-state index is 9.30. The highest BCUT2D eigenvalue weighted by Crippen LogP contribution is 2.49. The fourth-order valence-corrected chi connectivity index (χ4v) is 13.8. The molecule has 18 rings (SSSR count). The lowest BCUT2D eigenvalue weighted by Gasteiger charge is -2.19. The zero-order valence-corrected chi connectivity index (χ0v) is 47.9. The van der Waals surface area contributed by atoms with Crippen molar-refractivity contribution in [3.05, 3.63) is 296 Å². The van der Waals surface area contributed by atoms with Gasteiger partial charge in [-0.05, 0) is 134 Å². The number of para-hydroxylation sites is 2. The zero-order valence-electron chi connectivity index (χ0n) is 46.3. The van der Waals surface area contributed by atoms with E-state index < -0.39 is 0 Å². The third kappa shape index (κ3) is 8.56. The lowest BCUT2D eigenvalue weighted by molar-refractivity contribution is 0.459. The molecule has 16 aromatic carbocycles. The summed E-state index contributed by atoms with van der Waals surface area (Å²) in [6, 6.07) is 103. The van der Waals surface area contributed by atoms with E-state index in [-0.39, 0.29) is 0 Å². The monoisotopic (exact) mass is 1160 g/mol. The number of benzene rings is 16. The SMILES string of the molecule is Brc1cc2c3ccccc3oc2c2ccccc12.O[B]Oc1c2ccccc2c(-c2ccc3ccccc3c2)c2ccccc12.c1ccc2cc(-c3c4ccccc4c(-c4cc5c6ccccc6oc5c5ccccc45)c4ccccc34)ccc2c1. The Morgan fingerprint density at radius 2 is 0.616 bits per heavy atom. The predicted octanol–water partition coefficient (Wildman–Crippen LogP) is 22.8. The van der Waals surface area contributed by atoms with Crippen LogP contribution in [0.5, 0.6) is 5.75 Å². The van der Waals surface area contributed by atoms with Gasteiger partial charge in [0.2, 0.25) is 0 Å². The third-order valence-corrected chi connectivity index (χ3v) is 17.7. The molecule has 1 N–H and O–H groups in total. The average molecular weight is 1160 g/mol. The third-order valence-electron chi connectivity index (χ3n) is 17.0. The highest BCUT2D eigenvalue weighted by atomic mass is 79.9. The maximum atomic E-state index is 9.30. The normalized spacial score (nSPS) is 11.6. The number of furan rings is 2. The van der Waals surface area contributed by atoms with Crippen LogP contribution in [0.2, 0.25) is 0 Å². The van der Waals surface area contributed by atoms with Crippen molar-refractivity contribution in [1.82, 2.24) is 0 Å². The number of halogens is 1. The Morgan fingerprint density at radius 3 is 1.08 bits per heavy atom. The number of rotatable bonds is 5. The number of hydrogen-bond donors (Lipinski definition) is 1. The molecule has 86 heavy (non-hydrogen) atoms. The number of hydrogen-bond acceptors (Lipinski definition) is 4. The van der Waals surface area contributed by atoms with Crippen LogP contribution in [0.1, 0.15) is 0 Å². The molecule has 2 aromatic heterocycles. The Hall–Kier alpha value is -10.5. The van der Waals surface area contributed by atoms with Gasteiger partial charge in [-0.1, -0.05) is 271 Å². The molecule has 4 nitrogen and oxygen atoms in total. The van der Waals surface area contributed by atoms with Crippen LogP contribution in [0.25, 0.3) is 163 Å². The van der Waals surface area contributed by atoms with Crippen molar-refractivity contribution in [2.45, 2.75) is 0 Å². The Morgan fingerprint density at radius 1 is 0.279 bits per heavy atom. The minimum atomic E-state index is 0.674. The van der Waals surface area contributed by atoms with Crippen LogP contribution in [0, 0.1) is 0 Å². The van der Waals surface area contributed by atoms with E-state index in [9.17, 15) is 5.02 Å². The van der Waals surface area contributed by atoms with E-state index in [2.05, 4.69) is 234 Å². The maximum Gasteiger partial charge on any atom is 0.569 e. The summed E-state index contributed by atoms with van der Waals surface area (Å²) in [4.78, 5) is 0. The first-order valence-electron chi connectivity index (χ1n) is 28.9. The summed E-state index contributed by atoms with van der Waals surface area (Å²) in [5.41, 5.74) is 11.1. The van der Waals surface area contributed by atoms with Crippen molar-refractivity contribution < 1.29 is 18.5 Å². The van der Waals surface area contributed by atoms with Crippen molar-refractivity contribution >= 4 is 154 Å². The van der Waals surface area contributed by atoms with Crippen LogP contribution in [0.15, 0.2) is 304 Å². The molecule has 403 valence electrons. The van der Waals surface area contributed by atoms with E-state index in [0.717, 1.165) is 83.0 Å². The Kier molecular flexibility index (Phi) is 12.7. The first kappa shape index (κ1) is 51.2. The fraction of sp³-hybridized carbons (Fsp3) is 0. The quantitative estimate of drug-likeness (QED) is 0.138. The van der Waals surface area contributed by atoms with Crippen LogP contribution < -0.4 is 4.65 Å². The molecule has 0 saturated heterocycles. The molecule has 2 heterocycles. The van der Waals surface area contributed by atoms with Crippen LogP contribution in [0.4, 0.5) is 0 Å². The van der Waals surface area contributed by atoms with E-state index in [1.54, 1.807) is 0 Å². The van der Waals surface area contributed by atoms with Gasteiger partial charge in [0, 0.05) is 47.6 Å². The summed E-state index contributed by atoms with van der Waals surface area (Å²) in [6.07, 6.45) is 0. The minimum absolute atomic E-state index is 0.674. The largest absolute Gasteiger partial charge is 0.569 e. The molecule has 0 unspecified atom stereocenters. The predicted molar refractivity (Wildman–Crippen MR) is 367 cm³/mol. The molecule has 0 aliphatic rings. The fourth-order valence-electron chi connectivity index (χ4n) is 13.3. The molecule has 0 saturated carbocycles. The summed E-state index contributed by atoms with van der Waals surface area (Å²) in [5, 5.41) is 32.8. The first-order valence-corrected chi connectivity index (χ1v) is 29.7. The zero-order chi connectivity index (χ0) is 57.2. The van der Waals surface area contributed by atoms with Gasteiger partial charge >= 0.3 is 7.69 Å². The first-order chi connectivity index (χ1) is 42.6. The second-order valence-electron chi connectivity index (χ2n) is 21.8. The van der Waals surface area contributed by atoms with E-state index in [1.807, 2.05) is 72.8 Å². The molecule has 0 amide bonds. The summed E-state index contributed by atoms with van der Waals surface area (Å²) in [5.74, 6) is 0.674. The van der Waals surface area contributed by atoms with Gasteiger partial charge in [0.25, 0.3) is 0 Å². The molecule has 0 aliphatic carbocycles. The van der Waals surface area contributed by atoms with Crippen molar-refractivity contribution in [2.24, 2.45) is 0 Å². The summed E-state index contributed by atoms with van der Waals surface area (Å²) >= 11 is 3.65. The molecule has 0 bridgehead atoms. The molecule has 0 fully saturated rings. The van der Waals surface area contributed by atoms with Crippen LogP contribution in [-0.4, -0.2) is 12.7 Å². The summed E-state index contributed by atoms with van der Waals surface area (Å²) in [7, 11) is 0.754. The topological polar surface area (TPSA) is 55.7 Å². The van der Waals surface area contributed by atoms with Crippen LogP contribution >= 0.6 is 15.9 Å². The summed E-state index contributed by atoms with van der Waals surface area (Å²) in [6.45, 7) is 0. The van der Waals surface area contributed by atoms with Crippen molar-refractivity contribution in [2.75, 3.05) is 0 Å². The van der Waals surface area contributed by atoms with E-state index >= 15 is 0 Å². The number of fused-ring (bicyclic) bond motifs is 16. The Labute approximate surface area is 503 Å². The van der Waals surface area contributed by atoms with E-state index in [0.29, 0.717) is 5.75 Å². The Balaban J connectivity index is 0.000000114. The van der Waals surface area contributed by atoms with Gasteiger partial charge in [-0.15, -0.1) is 0 Å². The van der Waals surface area contributed by atoms with Gasteiger partial charge in [0.05, 0.1) is 0 Å². The molecule has 0 aliphatic heterocycles. The second kappa shape index (κ2) is 21.3. The van der Waals surface area contributed by atoms with Crippen LogP contribution in [-0.2, 0) is 0 Å². The van der Waals surface area contributed by atoms with Crippen molar-refractivity contribution in [3.8, 4) is 39.1 Å². The highest BCUT2D eigenvalue weighted by Gasteiger charge is 2.22. The van der Waals surface area contributed by atoms with Gasteiger partial charge in [0.15, 0.2) is 0 Å². The molecule has 0 atom stereocenters. The van der Waals surface area contributed by atoms with Gasteiger partial charge < -0.3 is 18.5 Å².